The summed E-state index contributed by atoms with van der Waals surface area (Å²) in [6, 6.07) is 18.0. The first-order chi connectivity index (χ1) is 18.2. The largest absolute Gasteiger partial charge is 0.494 e. The lowest BCUT2D eigenvalue weighted by Gasteiger charge is -2.11. The third-order valence-corrected chi connectivity index (χ3v) is 7.91. The molecule has 0 saturated heterocycles. The molecule has 0 bridgehead atoms. The molecule has 11 heteroatoms. The Morgan fingerprint density at radius 3 is 2.45 bits per heavy atom. The van der Waals surface area contributed by atoms with Gasteiger partial charge < -0.3 is 14.0 Å². The molecule has 0 radical (unpaired) electrons. The molecule has 0 fully saturated rings. The van der Waals surface area contributed by atoms with E-state index >= 15 is 0 Å². The third-order valence-electron chi connectivity index (χ3n) is 5.49. The second kappa shape index (κ2) is 11.6. The predicted molar refractivity (Wildman–Crippen MR) is 146 cm³/mol. The van der Waals surface area contributed by atoms with Crippen molar-refractivity contribution in [2.24, 2.45) is 4.99 Å². The zero-order chi connectivity index (χ0) is 27.3. The van der Waals surface area contributed by atoms with Gasteiger partial charge in [-0.05, 0) is 63.2 Å². The molecular formula is C27H27N3O6S2. The minimum absolute atomic E-state index is 0.0679. The van der Waals surface area contributed by atoms with Crippen molar-refractivity contribution in [3.8, 4) is 5.75 Å². The van der Waals surface area contributed by atoms with Gasteiger partial charge in [0, 0.05) is 0 Å². The molecule has 9 nitrogen and oxygen atoms in total. The Hall–Kier alpha value is -3.96. The van der Waals surface area contributed by atoms with Crippen LogP contribution in [0.1, 0.15) is 29.8 Å². The number of aromatic nitrogens is 1. The molecule has 4 aromatic rings. The van der Waals surface area contributed by atoms with Gasteiger partial charge in [0.05, 0.1) is 39.6 Å². The molecule has 0 aliphatic rings. The Balaban J connectivity index is 1.75. The zero-order valence-electron chi connectivity index (χ0n) is 21.1. The summed E-state index contributed by atoms with van der Waals surface area (Å²) in [5.41, 5.74) is 1.77. The number of carbonyl (C=O) groups is 2. The van der Waals surface area contributed by atoms with Gasteiger partial charge in [0.2, 0.25) is 0 Å². The summed E-state index contributed by atoms with van der Waals surface area (Å²) in [7, 11) is -3.94. The quantitative estimate of drug-likeness (QED) is 0.305. The van der Waals surface area contributed by atoms with Crippen molar-refractivity contribution >= 4 is 49.1 Å². The van der Waals surface area contributed by atoms with Gasteiger partial charge in [-0.1, -0.05) is 41.2 Å². The lowest BCUT2D eigenvalue weighted by Crippen LogP contribution is -2.23. The molecule has 0 aliphatic heterocycles. The van der Waals surface area contributed by atoms with E-state index in [1.165, 1.54) is 35.6 Å². The Labute approximate surface area is 224 Å². The Morgan fingerprint density at radius 1 is 1.00 bits per heavy atom. The van der Waals surface area contributed by atoms with Crippen molar-refractivity contribution in [1.82, 2.24) is 4.57 Å². The van der Waals surface area contributed by atoms with Crippen molar-refractivity contribution < 1.29 is 27.5 Å². The van der Waals surface area contributed by atoms with Gasteiger partial charge in [-0.15, -0.1) is 0 Å². The minimum atomic E-state index is -3.94. The maximum absolute atomic E-state index is 13.4. The molecule has 3 aromatic carbocycles. The van der Waals surface area contributed by atoms with Crippen LogP contribution in [0.2, 0.25) is 0 Å². The fourth-order valence-electron chi connectivity index (χ4n) is 3.71. The van der Waals surface area contributed by atoms with Gasteiger partial charge in [-0.2, -0.15) is 4.99 Å². The van der Waals surface area contributed by atoms with E-state index in [1.807, 2.05) is 19.9 Å². The van der Waals surface area contributed by atoms with Crippen LogP contribution in [0.15, 0.2) is 76.6 Å². The van der Waals surface area contributed by atoms with Crippen LogP contribution < -0.4 is 14.3 Å². The van der Waals surface area contributed by atoms with E-state index in [9.17, 15) is 18.0 Å². The van der Waals surface area contributed by atoms with Gasteiger partial charge in [0.25, 0.3) is 15.9 Å². The second-order valence-electron chi connectivity index (χ2n) is 8.22. The molecule has 198 valence electrons. The number of fused-ring (bicyclic) bond motifs is 1. The zero-order valence-corrected chi connectivity index (χ0v) is 22.8. The van der Waals surface area contributed by atoms with Crippen LogP contribution in [-0.4, -0.2) is 38.1 Å². The molecule has 0 saturated carbocycles. The van der Waals surface area contributed by atoms with Crippen LogP contribution in [0.25, 0.3) is 10.2 Å². The number of amides is 1. The van der Waals surface area contributed by atoms with Gasteiger partial charge >= 0.3 is 5.97 Å². The number of thiazole rings is 1. The molecule has 0 aliphatic carbocycles. The number of carbonyl (C=O) groups excluding carboxylic acids is 2. The van der Waals surface area contributed by atoms with Crippen LogP contribution in [0.3, 0.4) is 0 Å². The molecule has 1 amide bonds. The number of ether oxygens (including phenoxy) is 2. The average Bonchev–Trinajstić information content (AvgIpc) is 3.20. The summed E-state index contributed by atoms with van der Waals surface area (Å²) in [5, 5.41) is 0. The Morgan fingerprint density at radius 2 is 1.74 bits per heavy atom. The molecule has 0 atom stereocenters. The monoisotopic (exact) mass is 553 g/mol. The van der Waals surface area contributed by atoms with Crippen LogP contribution >= 0.6 is 11.3 Å². The smallest absolute Gasteiger partial charge is 0.326 e. The SMILES string of the molecule is CCOC(=O)Cn1c(=NC(=O)c2ccccc2NS(=O)(=O)c2ccc(C)cc2)sc2cc(OCC)ccc21. The predicted octanol–water partition coefficient (Wildman–Crippen LogP) is 4.51. The lowest BCUT2D eigenvalue weighted by molar-refractivity contribution is -0.143. The average molecular weight is 554 g/mol. The molecule has 0 spiro atoms. The topological polar surface area (TPSA) is 116 Å². The maximum atomic E-state index is 13.4. The summed E-state index contributed by atoms with van der Waals surface area (Å²) in [6.45, 7) is 6.02. The number of rotatable bonds is 9. The highest BCUT2D eigenvalue weighted by molar-refractivity contribution is 7.92. The number of anilines is 1. The first-order valence-corrected chi connectivity index (χ1v) is 14.2. The van der Waals surface area contributed by atoms with Gasteiger partial charge in [-0.3, -0.25) is 14.3 Å². The highest BCUT2D eigenvalue weighted by Crippen LogP contribution is 2.25. The summed E-state index contributed by atoms with van der Waals surface area (Å²) in [6.07, 6.45) is 0. The number of aryl methyl sites for hydroxylation is 1. The van der Waals surface area contributed by atoms with E-state index in [0.717, 1.165) is 10.3 Å². The van der Waals surface area contributed by atoms with Crippen LogP contribution in [0, 0.1) is 6.92 Å². The summed E-state index contributed by atoms with van der Waals surface area (Å²) < 4.78 is 41.5. The van der Waals surface area contributed by atoms with E-state index in [4.69, 9.17) is 9.47 Å². The van der Waals surface area contributed by atoms with Crippen LogP contribution in [0.5, 0.6) is 5.75 Å². The van der Waals surface area contributed by atoms with Crippen LogP contribution in [-0.2, 0) is 26.1 Å². The molecule has 38 heavy (non-hydrogen) atoms. The summed E-state index contributed by atoms with van der Waals surface area (Å²) in [4.78, 5) is 30.3. The molecule has 1 aromatic heterocycles. The van der Waals surface area contributed by atoms with Crippen LogP contribution in [0.4, 0.5) is 5.69 Å². The molecular weight excluding hydrogens is 526 g/mol. The van der Waals surface area contributed by atoms with Crippen molar-refractivity contribution in [2.75, 3.05) is 17.9 Å². The summed E-state index contributed by atoms with van der Waals surface area (Å²) >= 11 is 1.21. The van der Waals surface area contributed by atoms with E-state index in [0.29, 0.717) is 17.9 Å². The molecule has 1 heterocycles. The highest BCUT2D eigenvalue weighted by atomic mass is 32.2. The van der Waals surface area contributed by atoms with Crippen molar-refractivity contribution in [2.45, 2.75) is 32.2 Å². The highest BCUT2D eigenvalue weighted by Gasteiger charge is 2.19. The van der Waals surface area contributed by atoms with Crippen molar-refractivity contribution in [3.63, 3.8) is 0 Å². The van der Waals surface area contributed by atoms with E-state index in [2.05, 4.69) is 9.71 Å². The molecule has 4 rings (SSSR count). The Kier molecular flexibility index (Phi) is 8.28. The Bertz CT molecular complexity index is 1650. The second-order valence-corrected chi connectivity index (χ2v) is 10.9. The summed E-state index contributed by atoms with van der Waals surface area (Å²) in [5.74, 6) is -0.485. The number of para-hydroxylation sites is 1. The standard InChI is InChI=1S/C27H27N3O6S2/c1-4-35-19-12-15-23-24(16-19)37-27(30(23)17-25(31)36-5-2)28-26(32)21-8-6-7-9-22(21)29-38(33,34)20-13-10-18(3)11-14-20/h6-16,29H,4-5,17H2,1-3H3. The molecule has 1 N–H and O–H groups in total. The number of benzene rings is 3. The van der Waals surface area contributed by atoms with Crippen molar-refractivity contribution in [1.29, 1.82) is 0 Å². The van der Waals surface area contributed by atoms with E-state index in [-0.39, 0.29) is 34.1 Å². The normalized spacial score (nSPS) is 11.9. The number of hydrogen-bond donors (Lipinski definition) is 1. The molecule has 0 unspecified atom stereocenters. The van der Waals surface area contributed by atoms with Gasteiger partial charge in [-0.25, -0.2) is 8.42 Å². The van der Waals surface area contributed by atoms with E-state index < -0.39 is 21.9 Å². The number of hydrogen-bond acceptors (Lipinski definition) is 7. The fraction of sp³-hybridized carbons (Fsp3) is 0.222. The van der Waals surface area contributed by atoms with E-state index in [1.54, 1.807) is 47.9 Å². The maximum Gasteiger partial charge on any atom is 0.326 e. The first-order valence-electron chi connectivity index (χ1n) is 11.9. The first kappa shape index (κ1) is 27.1. The fourth-order valence-corrected chi connectivity index (χ4v) is 5.85. The van der Waals surface area contributed by atoms with Gasteiger partial charge in [0.1, 0.15) is 12.3 Å². The number of esters is 1. The lowest BCUT2D eigenvalue weighted by atomic mass is 10.2. The number of sulfonamides is 1. The number of nitrogens with one attached hydrogen (secondary N) is 1. The minimum Gasteiger partial charge on any atom is -0.494 e. The van der Waals surface area contributed by atoms with Crippen molar-refractivity contribution in [3.05, 3.63) is 82.7 Å². The number of nitrogens with zero attached hydrogens (tertiary/aromatic N) is 2. The van der Waals surface area contributed by atoms with Gasteiger partial charge in [0.15, 0.2) is 4.80 Å². The third kappa shape index (κ3) is 6.12.